The number of benzene rings is 1. The Labute approximate surface area is 140 Å². The number of rotatable bonds is 4. The monoisotopic (exact) mass is 339 g/mol. The van der Waals surface area contributed by atoms with E-state index in [1.165, 1.54) is 17.0 Å². The van der Waals surface area contributed by atoms with E-state index < -0.39 is 12.2 Å². The van der Waals surface area contributed by atoms with E-state index in [1.54, 1.807) is 12.1 Å². The van der Waals surface area contributed by atoms with Gasteiger partial charge in [0.15, 0.2) is 0 Å². The highest BCUT2D eigenvalue weighted by atomic mass is 19.1. The van der Waals surface area contributed by atoms with Gasteiger partial charge < -0.3 is 20.2 Å². The fourth-order valence-corrected chi connectivity index (χ4v) is 3.50. The predicted molar refractivity (Wildman–Crippen MR) is 87.2 cm³/mol. The topological polar surface area (TPSA) is 55.8 Å². The van der Waals surface area contributed by atoms with Gasteiger partial charge in [-0.25, -0.2) is 13.6 Å². The van der Waals surface area contributed by atoms with Gasteiger partial charge in [-0.05, 0) is 36.6 Å². The third kappa shape index (κ3) is 3.77. The maximum Gasteiger partial charge on any atom is 0.317 e. The van der Waals surface area contributed by atoms with Gasteiger partial charge in [-0.2, -0.15) is 0 Å². The second-order valence-electron chi connectivity index (χ2n) is 6.58. The fourth-order valence-electron chi connectivity index (χ4n) is 3.50. The summed E-state index contributed by atoms with van der Waals surface area (Å²) >= 11 is 0. The van der Waals surface area contributed by atoms with Crippen LogP contribution in [0.1, 0.15) is 12.8 Å². The summed E-state index contributed by atoms with van der Waals surface area (Å²) in [4.78, 5) is 15.7. The molecule has 3 rings (SSSR count). The fraction of sp³-hybridized carbons (Fsp3) is 0.588. The molecule has 1 aromatic carbocycles. The average Bonchev–Trinajstić information content (AvgIpc) is 3.19. The lowest BCUT2D eigenvalue weighted by Crippen LogP contribution is -2.45. The van der Waals surface area contributed by atoms with Gasteiger partial charge in [0.2, 0.25) is 0 Å². The summed E-state index contributed by atoms with van der Waals surface area (Å²) in [6.07, 6.45) is 0.0757. The maximum atomic E-state index is 13.4. The zero-order valence-electron chi connectivity index (χ0n) is 13.5. The van der Waals surface area contributed by atoms with Crippen LogP contribution in [0.4, 0.5) is 19.3 Å². The standard InChI is InChI=1S/C17H23F2N3O2/c18-13-1-3-15(4-2-13)21-6-5-12(9-21)8-20-17(24)22-10-14(19)7-16(22)11-23/h1-4,12,14,16,23H,5-11H2,(H,20,24)/t12?,14-,16-/m0/s1. The Morgan fingerprint density at radius 3 is 2.75 bits per heavy atom. The van der Waals surface area contributed by atoms with Crippen LogP contribution in [-0.4, -0.2) is 61.0 Å². The molecule has 2 fully saturated rings. The van der Waals surface area contributed by atoms with Crippen LogP contribution in [0, 0.1) is 11.7 Å². The summed E-state index contributed by atoms with van der Waals surface area (Å²) in [6.45, 7) is 2.00. The zero-order chi connectivity index (χ0) is 17.1. The summed E-state index contributed by atoms with van der Waals surface area (Å²) in [5, 5.41) is 12.1. The number of carbonyl (C=O) groups is 1. The highest BCUT2D eigenvalue weighted by molar-refractivity contribution is 5.75. The first-order chi connectivity index (χ1) is 11.6. The molecule has 2 heterocycles. The van der Waals surface area contributed by atoms with Crippen molar-refractivity contribution in [2.75, 3.05) is 37.7 Å². The SMILES string of the molecule is O=C(NCC1CCN(c2ccc(F)cc2)C1)N1C[C@@H](F)C[C@H]1CO. The lowest BCUT2D eigenvalue weighted by molar-refractivity contribution is 0.156. The molecule has 2 aliphatic rings. The van der Waals surface area contributed by atoms with E-state index in [9.17, 15) is 18.7 Å². The minimum absolute atomic E-state index is 0.0451. The molecule has 0 spiro atoms. The first-order valence-electron chi connectivity index (χ1n) is 8.36. The Balaban J connectivity index is 1.47. The number of hydrogen-bond acceptors (Lipinski definition) is 3. The lowest BCUT2D eigenvalue weighted by Gasteiger charge is -2.24. The van der Waals surface area contributed by atoms with E-state index in [-0.39, 0.29) is 31.4 Å². The molecule has 132 valence electrons. The second kappa shape index (κ2) is 7.34. The van der Waals surface area contributed by atoms with Crippen LogP contribution in [0.2, 0.25) is 0 Å². The van der Waals surface area contributed by atoms with E-state index in [0.29, 0.717) is 12.5 Å². The lowest BCUT2D eigenvalue weighted by atomic mass is 10.1. The van der Waals surface area contributed by atoms with Crippen molar-refractivity contribution in [3.63, 3.8) is 0 Å². The quantitative estimate of drug-likeness (QED) is 0.879. The normalized spacial score (nSPS) is 26.9. The van der Waals surface area contributed by atoms with E-state index in [4.69, 9.17) is 0 Å². The van der Waals surface area contributed by atoms with Crippen molar-refractivity contribution >= 4 is 11.7 Å². The van der Waals surface area contributed by atoms with Gasteiger partial charge in [-0.1, -0.05) is 0 Å². The first-order valence-corrected chi connectivity index (χ1v) is 8.36. The molecular formula is C17H23F2N3O2. The minimum Gasteiger partial charge on any atom is -0.394 e. The van der Waals surface area contributed by atoms with Crippen LogP contribution < -0.4 is 10.2 Å². The zero-order valence-corrected chi connectivity index (χ0v) is 13.5. The average molecular weight is 339 g/mol. The molecule has 3 atom stereocenters. The third-order valence-electron chi connectivity index (χ3n) is 4.85. The number of nitrogens with zero attached hydrogens (tertiary/aromatic N) is 2. The third-order valence-corrected chi connectivity index (χ3v) is 4.85. The van der Waals surface area contributed by atoms with Crippen molar-refractivity contribution in [3.8, 4) is 0 Å². The number of urea groups is 1. The van der Waals surface area contributed by atoms with E-state index >= 15 is 0 Å². The largest absolute Gasteiger partial charge is 0.394 e. The molecule has 2 saturated heterocycles. The van der Waals surface area contributed by atoms with Gasteiger partial charge in [0, 0.05) is 31.7 Å². The van der Waals surface area contributed by atoms with Gasteiger partial charge in [-0.3, -0.25) is 0 Å². The van der Waals surface area contributed by atoms with Crippen molar-refractivity contribution in [2.24, 2.45) is 5.92 Å². The Morgan fingerprint density at radius 2 is 2.04 bits per heavy atom. The molecule has 2 aliphatic heterocycles. The maximum absolute atomic E-state index is 13.4. The molecule has 2 N–H and O–H groups in total. The number of alkyl halides is 1. The number of aliphatic hydroxyl groups is 1. The number of likely N-dealkylation sites (tertiary alicyclic amines) is 1. The summed E-state index contributed by atoms with van der Waals surface area (Å²) in [6, 6.07) is 5.66. The van der Waals surface area contributed by atoms with Crippen LogP contribution in [0.25, 0.3) is 0 Å². The van der Waals surface area contributed by atoms with Gasteiger partial charge in [0.05, 0.1) is 19.2 Å². The van der Waals surface area contributed by atoms with Crippen LogP contribution in [0.5, 0.6) is 0 Å². The molecule has 5 nitrogen and oxygen atoms in total. The van der Waals surface area contributed by atoms with Crippen molar-refractivity contribution < 1.29 is 18.7 Å². The van der Waals surface area contributed by atoms with Gasteiger partial charge in [-0.15, -0.1) is 0 Å². The van der Waals surface area contributed by atoms with Crippen molar-refractivity contribution in [3.05, 3.63) is 30.1 Å². The number of carbonyl (C=O) groups excluding carboxylic acids is 1. The molecule has 0 saturated carbocycles. The molecule has 0 radical (unpaired) electrons. The number of hydrogen-bond donors (Lipinski definition) is 2. The van der Waals surface area contributed by atoms with Crippen LogP contribution in [-0.2, 0) is 0 Å². The molecular weight excluding hydrogens is 316 g/mol. The van der Waals surface area contributed by atoms with Gasteiger partial charge >= 0.3 is 6.03 Å². The Bertz CT molecular complexity index is 569. The molecule has 24 heavy (non-hydrogen) atoms. The smallest absolute Gasteiger partial charge is 0.317 e. The van der Waals surface area contributed by atoms with E-state index in [2.05, 4.69) is 10.2 Å². The number of nitrogens with one attached hydrogen (secondary N) is 1. The Morgan fingerprint density at radius 1 is 1.29 bits per heavy atom. The summed E-state index contributed by atoms with van der Waals surface area (Å²) in [5.74, 6) is 0.0485. The molecule has 0 bridgehead atoms. The minimum atomic E-state index is -1.06. The Kier molecular flexibility index (Phi) is 5.18. The van der Waals surface area contributed by atoms with Crippen LogP contribution >= 0.6 is 0 Å². The summed E-state index contributed by atoms with van der Waals surface area (Å²) < 4.78 is 26.4. The van der Waals surface area contributed by atoms with Crippen LogP contribution in [0.15, 0.2) is 24.3 Å². The molecule has 7 heteroatoms. The molecule has 0 aliphatic carbocycles. The predicted octanol–water partition coefficient (Wildman–Crippen LogP) is 1.77. The van der Waals surface area contributed by atoms with Gasteiger partial charge in [0.25, 0.3) is 0 Å². The number of aliphatic hydroxyl groups excluding tert-OH is 1. The highest BCUT2D eigenvalue weighted by Crippen LogP contribution is 2.24. The number of anilines is 1. The van der Waals surface area contributed by atoms with Crippen molar-refractivity contribution in [1.82, 2.24) is 10.2 Å². The van der Waals surface area contributed by atoms with E-state index in [1.807, 2.05) is 0 Å². The Hall–Kier alpha value is -1.89. The molecule has 2 amide bonds. The second-order valence-corrected chi connectivity index (χ2v) is 6.58. The van der Waals surface area contributed by atoms with Crippen molar-refractivity contribution in [2.45, 2.75) is 25.1 Å². The number of halogens is 2. The van der Waals surface area contributed by atoms with E-state index in [0.717, 1.165) is 25.2 Å². The van der Waals surface area contributed by atoms with Crippen molar-refractivity contribution in [1.29, 1.82) is 0 Å². The first kappa shape index (κ1) is 17.0. The van der Waals surface area contributed by atoms with Gasteiger partial charge in [0.1, 0.15) is 12.0 Å². The van der Waals surface area contributed by atoms with Crippen LogP contribution in [0.3, 0.4) is 0 Å². The highest BCUT2D eigenvalue weighted by Gasteiger charge is 2.35. The summed E-state index contributed by atoms with van der Waals surface area (Å²) in [7, 11) is 0. The number of amides is 2. The molecule has 1 unspecified atom stereocenters. The molecule has 1 aromatic rings. The summed E-state index contributed by atoms with van der Waals surface area (Å²) in [5.41, 5.74) is 0.977. The molecule has 0 aromatic heterocycles.